The Morgan fingerprint density at radius 2 is 1.53 bits per heavy atom. The molecule has 3 aliphatic heterocycles. The number of para-hydroxylation sites is 1. The molecule has 0 aliphatic carbocycles. The Labute approximate surface area is 210 Å². The molecule has 0 spiro atoms. The second-order valence-corrected chi connectivity index (χ2v) is 9.78. The summed E-state index contributed by atoms with van der Waals surface area (Å²) in [5.74, 6) is -0.447. The zero-order valence-corrected chi connectivity index (χ0v) is 20.8. The van der Waals surface area contributed by atoms with Gasteiger partial charge < -0.3 is 19.6 Å². The van der Waals surface area contributed by atoms with Crippen molar-refractivity contribution in [1.82, 2.24) is 24.5 Å². The van der Waals surface area contributed by atoms with Gasteiger partial charge in [-0.1, -0.05) is 12.1 Å². The van der Waals surface area contributed by atoms with Gasteiger partial charge in [0.05, 0.1) is 5.69 Å². The summed E-state index contributed by atoms with van der Waals surface area (Å²) in [7, 11) is 1.85. The highest BCUT2D eigenvalue weighted by Gasteiger charge is 2.32. The molecule has 2 aromatic rings. The number of rotatable bonds is 5. The Kier molecular flexibility index (Phi) is 6.93. The number of fused-ring (bicyclic) bond motifs is 1. The fourth-order valence-electron chi connectivity index (χ4n) is 5.48. The molecule has 0 radical (unpaired) electrons. The molecule has 4 heterocycles. The molecule has 0 N–H and O–H groups in total. The lowest BCUT2D eigenvalue weighted by Gasteiger charge is -2.36. The Hall–Kier alpha value is -3.43. The van der Waals surface area contributed by atoms with Gasteiger partial charge in [0.25, 0.3) is 5.91 Å². The first kappa shape index (κ1) is 24.3. The van der Waals surface area contributed by atoms with E-state index in [4.69, 9.17) is 0 Å². The minimum Gasteiger partial charge on any atom is -0.366 e. The minimum absolute atomic E-state index is 0.0525. The van der Waals surface area contributed by atoms with Gasteiger partial charge in [-0.25, -0.2) is 4.39 Å². The number of carbonyl (C=O) groups is 3. The first-order valence-corrected chi connectivity index (χ1v) is 12.8. The van der Waals surface area contributed by atoms with Crippen LogP contribution in [0.5, 0.6) is 0 Å². The Bertz CT molecular complexity index is 1150. The molecular formula is C26H33FN6O3. The molecule has 0 unspecified atom stereocenters. The number of anilines is 1. The second kappa shape index (κ2) is 10.3. The van der Waals surface area contributed by atoms with E-state index >= 15 is 0 Å². The summed E-state index contributed by atoms with van der Waals surface area (Å²) in [6.07, 6.45) is 2.95. The molecule has 3 aliphatic rings. The van der Waals surface area contributed by atoms with Crippen molar-refractivity contribution in [2.45, 2.75) is 38.6 Å². The van der Waals surface area contributed by atoms with E-state index < -0.39 is 0 Å². The maximum Gasteiger partial charge on any atom is 0.274 e. The highest BCUT2D eigenvalue weighted by molar-refractivity contribution is 5.94. The molecule has 5 rings (SSSR count). The minimum atomic E-state index is -0.258. The summed E-state index contributed by atoms with van der Waals surface area (Å²) in [6.45, 7) is 4.55. The second-order valence-electron chi connectivity index (χ2n) is 9.78. The highest BCUT2D eigenvalue weighted by Crippen LogP contribution is 2.25. The van der Waals surface area contributed by atoms with Crippen LogP contribution in [0.15, 0.2) is 24.3 Å². The Balaban J connectivity index is 1.14. The Morgan fingerprint density at radius 3 is 2.22 bits per heavy atom. The van der Waals surface area contributed by atoms with Crippen LogP contribution in [0.4, 0.5) is 10.1 Å². The monoisotopic (exact) mass is 496 g/mol. The molecule has 192 valence electrons. The summed E-state index contributed by atoms with van der Waals surface area (Å²) < 4.78 is 15.8. The number of piperazine rings is 1. The van der Waals surface area contributed by atoms with Gasteiger partial charge in [-0.3, -0.25) is 19.1 Å². The van der Waals surface area contributed by atoms with Crippen LogP contribution < -0.4 is 4.90 Å². The number of amides is 3. The van der Waals surface area contributed by atoms with E-state index in [0.29, 0.717) is 57.1 Å². The van der Waals surface area contributed by atoms with Gasteiger partial charge >= 0.3 is 0 Å². The molecular weight excluding hydrogens is 463 g/mol. The van der Waals surface area contributed by atoms with E-state index in [1.807, 2.05) is 22.9 Å². The maximum atomic E-state index is 14.1. The number of halogens is 1. The molecule has 10 heteroatoms. The molecule has 36 heavy (non-hydrogen) atoms. The number of aryl methyl sites for hydroxylation is 1. The van der Waals surface area contributed by atoms with E-state index in [-0.39, 0.29) is 36.4 Å². The van der Waals surface area contributed by atoms with E-state index in [1.165, 1.54) is 6.07 Å². The molecule has 2 saturated heterocycles. The highest BCUT2D eigenvalue weighted by atomic mass is 19.1. The zero-order chi connectivity index (χ0) is 25.2. The van der Waals surface area contributed by atoms with Crippen molar-refractivity contribution in [1.29, 1.82) is 0 Å². The van der Waals surface area contributed by atoms with Crippen molar-refractivity contribution < 1.29 is 18.8 Å². The van der Waals surface area contributed by atoms with Crippen LogP contribution in [-0.2, 0) is 29.6 Å². The van der Waals surface area contributed by atoms with E-state index in [0.717, 1.165) is 37.2 Å². The summed E-state index contributed by atoms with van der Waals surface area (Å²) >= 11 is 0. The fraction of sp³-hybridized carbons (Fsp3) is 0.538. The van der Waals surface area contributed by atoms with Crippen LogP contribution in [0.2, 0.25) is 0 Å². The number of likely N-dealkylation sites (tertiary alicyclic amines) is 1. The summed E-state index contributed by atoms with van der Waals surface area (Å²) in [4.78, 5) is 46.1. The van der Waals surface area contributed by atoms with Crippen molar-refractivity contribution in [3.8, 4) is 0 Å². The van der Waals surface area contributed by atoms with Crippen LogP contribution in [-0.4, -0.2) is 88.0 Å². The predicted octanol–water partition coefficient (Wildman–Crippen LogP) is 1.81. The maximum absolute atomic E-state index is 14.1. The number of nitrogens with zero attached hydrogens (tertiary/aromatic N) is 6. The average molecular weight is 497 g/mol. The standard InChI is InChI=1S/C26H33FN6O3/c1-29-21-10-13-33(18-19(21)25(28-29)26(36)32-11-4-5-12-32)24(35)9-8-23(34)31-16-14-30(15-17-31)22-7-3-2-6-20(22)27/h2-3,6-7H,4-5,8-18H2,1H3. The lowest BCUT2D eigenvalue weighted by Crippen LogP contribution is -2.49. The van der Waals surface area contributed by atoms with Crippen LogP contribution in [0.25, 0.3) is 0 Å². The van der Waals surface area contributed by atoms with Gasteiger partial charge in [0.15, 0.2) is 5.69 Å². The van der Waals surface area contributed by atoms with Gasteiger partial charge in [-0.05, 0) is 25.0 Å². The lowest BCUT2D eigenvalue weighted by atomic mass is 10.0. The molecule has 1 aromatic carbocycles. The van der Waals surface area contributed by atoms with Crippen molar-refractivity contribution in [2.75, 3.05) is 50.7 Å². The average Bonchev–Trinajstić information content (AvgIpc) is 3.55. The summed E-state index contributed by atoms with van der Waals surface area (Å²) in [5.41, 5.74) is 2.85. The molecule has 3 amide bonds. The third-order valence-electron chi connectivity index (χ3n) is 7.57. The zero-order valence-electron chi connectivity index (χ0n) is 20.8. The van der Waals surface area contributed by atoms with Crippen molar-refractivity contribution in [3.63, 3.8) is 0 Å². The molecule has 0 atom stereocenters. The number of hydrogen-bond acceptors (Lipinski definition) is 5. The van der Waals surface area contributed by atoms with Gasteiger partial charge in [-0.15, -0.1) is 0 Å². The smallest absolute Gasteiger partial charge is 0.274 e. The molecule has 0 bridgehead atoms. The lowest BCUT2D eigenvalue weighted by molar-refractivity contribution is -0.137. The number of carbonyl (C=O) groups excluding carboxylic acids is 3. The third-order valence-corrected chi connectivity index (χ3v) is 7.57. The number of hydrogen-bond donors (Lipinski definition) is 0. The third kappa shape index (κ3) is 4.81. The summed E-state index contributed by atoms with van der Waals surface area (Å²) in [5, 5.41) is 4.50. The van der Waals surface area contributed by atoms with E-state index in [1.54, 1.807) is 26.6 Å². The van der Waals surface area contributed by atoms with Crippen molar-refractivity contribution in [3.05, 3.63) is 47.0 Å². The molecule has 0 saturated carbocycles. The SMILES string of the molecule is Cn1nc(C(=O)N2CCCC2)c2c1CCN(C(=O)CCC(=O)N1CCN(c3ccccc3F)CC1)C2. The molecule has 1 aromatic heterocycles. The van der Waals surface area contributed by atoms with Crippen LogP contribution in [0.3, 0.4) is 0 Å². The first-order chi connectivity index (χ1) is 17.4. The summed E-state index contributed by atoms with van der Waals surface area (Å²) in [6, 6.07) is 6.67. The fourth-order valence-corrected chi connectivity index (χ4v) is 5.48. The predicted molar refractivity (Wildman–Crippen MR) is 132 cm³/mol. The van der Waals surface area contributed by atoms with Crippen LogP contribution >= 0.6 is 0 Å². The van der Waals surface area contributed by atoms with Crippen LogP contribution in [0, 0.1) is 5.82 Å². The quantitative estimate of drug-likeness (QED) is 0.631. The van der Waals surface area contributed by atoms with Gasteiger partial charge in [-0.2, -0.15) is 5.10 Å². The van der Waals surface area contributed by atoms with Gasteiger partial charge in [0, 0.05) is 89.9 Å². The largest absolute Gasteiger partial charge is 0.366 e. The number of benzene rings is 1. The van der Waals surface area contributed by atoms with Gasteiger partial charge in [0.2, 0.25) is 11.8 Å². The Morgan fingerprint density at radius 1 is 0.861 bits per heavy atom. The molecule has 9 nitrogen and oxygen atoms in total. The van der Waals surface area contributed by atoms with E-state index in [9.17, 15) is 18.8 Å². The van der Waals surface area contributed by atoms with Crippen LogP contribution in [0.1, 0.15) is 47.4 Å². The van der Waals surface area contributed by atoms with E-state index in [2.05, 4.69) is 5.10 Å². The van der Waals surface area contributed by atoms with Gasteiger partial charge in [0.1, 0.15) is 5.82 Å². The topological polar surface area (TPSA) is 82.0 Å². The number of aromatic nitrogens is 2. The van der Waals surface area contributed by atoms with Crippen molar-refractivity contribution in [2.24, 2.45) is 7.05 Å². The molecule has 2 fully saturated rings. The normalized spacial score (nSPS) is 17.9. The first-order valence-electron chi connectivity index (χ1n) is 12.8. The van der Waals surface area contributed by atoms with Crippen molar-refractivity contribution >= 4 is 23.4 Å².